The van der Waals surface area contributed by atoms with E-state index in [2.05, 4.69) is 5.32 Å². The second-order valence-corrected chi connectivity index (χ2v) is 10.8. The molecule has 3 atom stereocenters. The van der Waals surface area contributed by atoms with Crippen LogP contribution in [0.2, 0.25) is 0 Å². The second kappa shape index (κ2) is 6.17. The Morgan fingerprint density at radius 3 is 2.55 bits per heavy atom. The zero-order valence-electron chi connectivity index (χ0n) is 12.9. The standard InChI is InChI=1S/C15H22NO4PS/c1-15(2)10-19-21(17,20-11-15)14-13(8-9-22(14)18)16-12-6-4-3-5-7-12/h3-7,13-14,16H,8-11H2,1-2H3/t13-,14-,22?/m1/s1. The Kier molecular flexibility index (Phi) is 4.59. The highest BCUT2D eigenvalue weighted by Crippen LogP contribution is 2.64. The molecule has 0 spiro atoms. The van der Waals surface area contributed by atoms with Gasteiger partial charge in [-0.05, 0) is 18.6 Å². The number of hydrogen-bond acceptors (Lipinski definition) is 5. The van der Waals surface area contributed by atoms with Gasteiger partial charge in [-0.1, -0.05) is 32.0 Å². The van der Waals surface area contributed by atoms with Crippen LogP contribution in [0.25, 0.3) is 0 Å². The summed E-state index contributed by atoms with van der Waals surface area (Å²) in [4.78, 5) is 12.5. The quantitative estimate of drug-likeness (QED) is 0.852. The molecule has 2 aliphatic heterocycles. The van der Waals surface area contributed by atoms with Gasteiger partial charge in [-0.2, -0.15) is 0 Å². The van der Waals surface area contributed by atoms with E-state index in [1.54, 1.807) is 0 Å². The normalized spacial score (nSPS) is 33.5. The zero-order chi connectivity index (χ0) is 15.8. The first-order chi connectivity index (χ1) is 10.4. The lowest BCUT2D eigenvalue weighted by Gasteiger charge is -2.41. The third-order valence-electron chi connectivity index (χ3n) is 3.95. The lowest BCUT2D eigenvalue weighted by Crippen LogP contribution is -2.44. The van der Waals surface area contributed by atoms with Gasteiger partial charge in [-0.25, -0.2) is 9.05 Å². The molecular weight excluding hydrogens is 321 g/mol. The van der Waals surface area contributed by atoms with Crippen LogP contribution in [0.5, 0.6) is 0 Å². The van der Waals surface area contributed by atoms with Gasteiger partial charge < -0.3 is 10.2 Å². The van der Waals surface area contributed by atoms with E-state index in [0.717, 1.165) is 5.69 Å². The van der Waals surface area contributed by atoms with Gasteiger partial charge in [0.1, 0.15) is 13.2 Å². The summed E-state index contributed by atoms with van der Waals surface area (Å²) in [5.74, 6) is 0.523. The predicted molar refractivity (Wildman–Crippen MR) is 87.9 cm³/mol. The number of nitrogens with one attached hydrogen (secondary N) is 1. The molecule has 1 unspecified atom stereocenters. The molecule has 0 radical (unpaired) electrons. The highest BCUT2D eigenvalue weighted by molar-refractivity contribution is 7.94. The van der Waals surface area contributed by atoms with E-state index in [-0.39, 0.29) is 11.5 Å². The highest BCUT2D eigenvalue weighted by atomic mass is 32.2. The van der Waals surface area contributed by atoms with Crippen molar-refractivity contribution in [3.63, 3.8) is 0 Å². The lowest BCUT2D eigenvalue weighted by molar-refractivity contribution is -0.234. The summed E-state index contributed by atoms with van der Waals surface area (Å²) in [6.45, 7) is 4.75. The molecule has 2 aliphatic rings. The molecule has 22 heavy (non-hydrogen) atoms. The van der Waals surface area contributed by atoms with Gasteiger partial charge in [0.15, 0.2) is 0 Å². The summed E-state index contributed by atoms with van der Waals surface area (Å²) in [6, 6.07) is 9.53. The zero-order valence-corrected chi connectivity index (χ0v) is 14.6. The van der Waals surface area contributed by atoms with E-state index < -0.39 is 23.7 Å². The Labute approximate surface area is 134 Å². The molecule has 0 saturated carbocycles. The van der Waals surface area contributed by atoms with Crippen LogP contribution < -0.4 is 10.2 Å². The molecular formula is C15H22NO4PS. The van der Waals surface area contributed by atoms with E-state index in [9.17, 15) is 9.10 Å². The van der Waals surface area contributed by atoms with Crippen LogP contribution in [0.15, 0.2) is 30.3 Å². The largest absolute Gasteiger partial charge is 0.630 e. The molecule has 122 valence electrons. The van der Waals surface area contributed by atoms with E-state index in [1.165, 1.54) is 0 Å². The summed E-state index contributed by atoms with van der Waals surface area (Å²) in [6.07, 6.45) is 0.701. The topological polar surface area (TPSA) is 70.6 Å². The molecule has 1 aromatic carbocycles. The van der Waals surface area contributed by atoms with Crippen LogP contribution in [0.1, 0.15) is 20.3 Å². The van der Waals surface area contributed by atoms with E-state index in [0.29, 0.717) is 25.4 Å². The van der Waals surface area contributed by atoms with Crippen molar-refractivity contribution in [3.8, 4) is 0 Å². The lowest BCUT2D eigenvalue weighted by atomic mass is 9.97. The van der Waals surface area contributed by atoms with Crippen molar-refractivity contribution in [1.29, 1.82) is 0 Å². The third-order valence-corrected chi connectivity index (χ3v) is 8.90. The third kappa shape index (κ3) is 3.36. The van der Waals surface area contributed by atoms with Crippen molar-refractivity contribution in [2.45, 2.75) is 31.3 Å². The van der Waals surface area contributed by atoms with E-state index in [1.807, 2.05) is 44.2 Å². The molecule has 7 heteroatoms. The molecule has 0 aliphatic carbocycles. The fourth-order valence-corrected chi connectivity index (χ4v) is 7.92. The summed E-state index contributed by atoms with van der Waals surface area (Å²) in [5, 5.41) is 3.34. The summed E-state index contributed by atoms with van der Waals surface area (Å²) in [5.41, 5.74) is 0.774. The van der Waals surface area contributed by atoms with Gasteiger partial charge in [0.2, 0.25) is 4.99 Å². The number of hydrogen-bond donors (Lipinski definition) is 1. The Hall–Kier alpha value is -0.520. The molecule has 1 aromatic rings. The van der Waals surface area contributed by atoms with Gasteiger partial charge in [-0.3, -0.25) is 4.21 Å². The van der Waals surface area contributed by atoms with Crippen molar-refractivity contribution in [2.24, 2.45) is 5.41 Å². The molecule has 2 fully saturated rings. The van der Waals surface area contributed by atoms with Crippen molar-refractivity contribution in [1.82, 2.24) is 0 Å². The first-order valence-corrected chi connectivity index (χ1v) is 10.5. The molecule has 1 N–H and O–H groups in total. The summed E-state index contributed by atoms with van der Waals surface area (Å²) < 4.78 is 23.6. The van der Waals surface area contributed by atoms with Crippen molar-refractivity contribution >= 4 is 24.4 Å². The van der Waals surface area contributed by atoms with Crippen molar-refractivity contribution < 1.29 is 18.1 Å². The average Bonchev–Trinajstić information content (AvgIpc) is 2.85. The van der Waals surface area contributed by atoms with Crippen molar-refractivity contribution in [2.75, 3.05) is 24.3 Å². The molecule has 0 amide bonds. The Morgan fingerprint density at radius 1 is 1.27 bits per heavy atom. The Morgan fingerprint density at radius 2 is 1.91 bits per heavy atom. The fourth-order valence-electron chi connectivity index (χ4n) is 2.70. The van der Waals surface area contributed by atoms with Gasteiger partial charge >= 0.3 is 0 Å². The van der Waals surface area contributed by atoms with Gasteiger partial charge in [0, 0.05) is 16.9 Å². The van der Waals surface area contributed by atoms with Crippen LogP contribution in [0.4, 0.5) is 5.69 Å². The van der Waals surface area contributed by atoms with Crippen LogP contribution in [-0.4, -0.2) is 34.2 Å². The smallest absolute Gasteiger partial charge is 0.255 e. The molecule has 3 rings (SSSR count). The maximum absolute atomic E-state index is 13.1. The number of para-hydroxylation sites is 1. The molecule has 2 saturated heterocycles. The minimum absolute atomic E-state index is 0.156. The Balaban J connectivity index is 1.76. The minimum atomic E-state index is -3.35. The Bertz CT molecular complexity index is 544. The molecule has 0 aromatic heterocycles. The molecule has 5 nitrogen and oxygen atoms in total. The van der Waals surface area contributed by atoms with Gasteiger partial charge in [-0.15, -0.1) is 0 Å². The monoisotopic (exact) mass is 343 g/mol. The van der Waals surface area contributed by atoms with Gasteiger partial charge in [0.25, 0.3) is 7.94 Å². The first kappa shape index (κ1) is 16.3. The number of anilines is 1. The molecule has 0 bridgehead atoms. The molecule has 2 heterocycles. The maximum atomic E-state index is 13.1. The number of rotatable bonds is 3. The fraction of sp³-hybridized carbons (Fsp3) is 0.600. The van der Waals surface area contributed by atoms with Crippen LogP contribution in [0.3, 0.4) is 0 Å². The first-order valence-electron chi connectivity index (χ1n) is 7.47. The van der Waals surface area contributed by atoms with Crippen LogP contribution >= 0.6 is 7.94 Å². The maximum Gasteiger partial charge on any atom is 0.255 e. The SMILES string of the molecule is CC1(C)CO[P+]([O-])([C@H]2[C@H](Nc3ccccc3)CCS2=O)OC1. The van der Waals surface area contributed by atoms with Crippen LogP contribution in [-0.2, 0) is 19.8 Å². The van der Waals surface area contributed by atoms with E-state index in [4.69, 9.17) is 9.05 Å². The highest BCUT2D eigenvalue weighted by Gasteiger charge is 2.56. The van der Waals surface area contributed by atoms with Crippen LogP contribution in [0, 0.1) is 5.41 Å². The second-order valence-electron chi connectivity index (χ2n) is 6.63. The average molecular weight is 343 g/mol. The number of benzene rings is 1. The predicted octanol–water partition coefficient (Wildman–Crippen LogP) is 2.14. The summed E-state index contributed by atoms with van der Waals surface area (Å²) in [7, 11) is -4.55. The van der Waals surface area contributed by atoms with E-state index >= 15 is 0 Å². The van der Waals surface area contributed by atoms with Crippen molar-refractivity contribution in [3.05, 3.63) is 30.3 Å². The van der Waals surface area contributed by atoms with Gasteiger partial charge in [0.05, 0.1) is 16.8 Å². The summed E-state index contributed by atoms with van der Waals surface area (Å²) >= 11 is 0. The minimum Gasteiger partial charge on any atom is -0.630 e.